The second-order valence-corrected chi connectivity index (χ2v) is 5.64. The molecule has 0 spiro atoms. The van der Waals surface area contributed by atoms with Crippen molar-refractivity contribution in [3.63, 3.8) is 0 Å². The predicted octanol–water partition coefficient (Wildman–Crippen LogP) is 4.54. The molecule has 1 amide bonds. The summed E-state index contributed by atoms with van der Waals surface area (Å²) in [7, 11) is 1.33. The number of amides is 1. The van der Waals surface area contributed by atoms with Gasteiger partial charge in [0, 0.05) is 25.7 Å². The van der Waals surface area contributed by atoms with Gasteiger partial charge >= 0.3 is 6.18 Å². The summed E-state index contributed by atoms with van der Waals surface area (Å²) in [6.07, 6.45) is -4.54. The van der Waals surface area contributed by atoms with Gasteiger partial charge in [-0.25, -0.2) is 0 Å². The van der Waals surface area contributed by atoms with Gasteiger partial charge < -0.3 is 4.90 Å². The Morgan fingerprint density at radius 1 is 1.24 bits per heavy atom. The van der Waals surface area contributed by atoms with Crippen molar-refractivity contribution in [2.45, 2.75) is 12.7 Å². The van der Waals surface area contributed by atoms with E-state index in [0.29, 0.717) is 0 Å². The number of carbonyl (C=O) groups is 1. The van der Waals surface area contributed by atoms with E-state index in [-0.39, 0.29) is 28.4 Å². The normalized spacial score (nSPS) is 11.2. The molecule has 0 aliphatic heterocycles. The van der Waals surface area contributed by atoms with Gasteiger partial charge in [-0.15, -0.1) is 0 Å². The highest BCUT2D eigenvalue weighted by atomic mass is 35.5. The first-order valence-corrected chi connectivity index (χ1v) is 7.33. The number of non-ortho nitro benzene ring substituents is 1. The van der Waals surface area contributed by atoms with Gasteiger partial charge in [0.05, 0.1) is 21.1 Å². The van der Waals surface area contributed by atoms with E-state index in [1.54, 1.807) is 0 Å². The standard InChI is InChI=1S/C16H12ClF3N2O3/c1-21(9-10-4-2-3-5-13(10)16(18,19)20)15(23)12-7-6-11(22(24)25)8-14(12)17/h2-8H,9H2,1H3. The molecule has 2 rings (SSSR count). The van der Waals surface area contributed by atoms with Gasteiger partial charge in [-0.05, 0) is 17.7 Å². The molecular formula is C16H12ClF3N2O3. The minimum absolute atomic E-state index is 0.0285. The van der Waals surface area contributed by atoms with Gasteiger partial charge in [0.15, 0.2) is 0 Å². The van der Waals surface area contributed by atoms with Crippen LogP contribution in [-0.4, -0.2) is 22.8 Å². The Morgan fingerprint density at radius 2 is 1.88 bits per heavy atom. The van der Waals surface area contributed by atoms with Crippen LogP contribution in [0.1, 0.15) is 21.5 Å². The van der Waals surface area contributed by atoms with E-state index >= 15 is 0 Å². The molecule has 0 unspecified atom stereocenters. The van der Waals surface area contributed by atoms with Crippen LogP contribution in [0.25, 0.3) is 0 Å². The number of hydrogen-bond acceptors (Lipinski definition) is 3. The first-order valence-electron chi connectivity index (χ1n) is 6.95. The quantitative estimate of drug-likeness (QED) is 0.584. The summed E-state index contributed by atoms with van der Waals surface area (Å²) < 4.78 is 39.1. The lowest BCUT2D eigenvalue weighted by Crippen LogP contribution is -2.27. The fourth-order valence-electron chi connectivity index (χ4n) is 2.26. The largest absolute Gasteiger partial charge is 0.416 e. The number of nitrogens with zero attached hydrogens (tertiary/aromatic N) is 2. The highest BCUT2D eigenvalue weighted by Crippen LogP contribution is 2.32. The summed E-state index contributed by atoms with van der Waals surface area (Å²) in [4.78, 5) is 23.5. The van der Waals surface area contributed by atoms with Crippen LogP contribution in [0.4, 0.5) is 18.9 Å². The molecule has 0 fully saturated rings. The maximum atomic E-state index is 13.0. The Bertz CT molecular complexity index is 825. The fraction of sp³-hybridized carbons (Fsp3) is 0.188. The Morgan fingerprint density at radius 3 is 2.44 bits per heavy atom. The monoisotopic (exact) mass is 372 g/mol. The molecule has 0 saturated carbocycles. The Labute approximate surface area is 145 Å². The zero-order valence-electron chi connectivity index (χ0n) is 12.9. The van der Waals surface area contributed by atoms with Crippen molar-refractivity contribution in [3.8, 4) is 0 Å². The summed E-state index contributed by atoms with van der Waals surface area (Å²) in [5.41, 5.74) is -1.21. The van der Waals surface area contributed by atoms with Crippen LogP contribution < -0.4 is 0 Å². The van der Waals surface area contributed by atoms with Crippen molar-refractivity contribution in [1.29, 1.82) is 0 Å². The zero-order valence-corrected chi connectivity index (χ0v) is 13.6. The van der Waals surface area contributed by atoms with E-state index in [0.717, 1.165) is 23.1 Å². The highest BCUT2D eigenvalue weighted by molar-refractivity contribution is 6.34. The van der Waals surface area contributed by atoms with Crippen molar-refractivity contribution < 1.29 is 22.9 Å². The fourth-order valence-corrected chi connectivity index (χ4v) is 2.51. The molecule has 0 N–H and O–H groups in total. The zero-order chi connectivity index (χ0) is 18.8. The van der Waals surface area contributed by atoms with E-state index in [1.807, 2.05) is 0 Å². The number of halogens is 4. The molecule has 0 aliphatic rings. The lowest BCUT2D eigenvalue weighted by Gasteiger charge is -2.20. The van der Waals surface area contributed by atoms with Crippen LogP contribution >= 0.6 is 11.6 Å². The molecule has 0 aromatic heterocycles. The molecule has 9 heteroatoms. The predicted molar refractivity (Wildman–Crippen MR) is 85.3 cm³/mol. The highest BCUT2D eigenvalue weighted by Gasteiger charge is 2.33. The van der Waals surface area contributed by atoms with Crippen molar-refractivity contribution >= 4 is 23.2 Å². The molecule has 0 saturated heterocycles. The van der Waals surface area contributed by atoms with Gasteiger partial charge in [0.1, 0.15) is 0 Å². The molecule has 0 radical (unpaired) electrons. The van der Waals surface area contributed by atoms with E-state index in [9.17, 15) is 28.1 Å². The summed E-state index contributed by atoms with van der Waals surface area (Å²) >= 11 is 5.89. The Balaban J connectivity index is 2.26. The van der Waals surface area contributed by atoms with E-state index < -0.39 is 22.6 Å². The third kappa shape index (κ3) is 4.27. The van der Waals surface area contributed by atoms with E-state index in [2.05, 4.69) is 0 Å². The number of nitro groups is 1. The maximum absolute atomic E-state index is 13.0. The summed E-state index contributed by atoms with van der Waals surface area (Å²) in [5, 5.41) is 10.5. The molecule has 0 atom stereocenters. The number of nitro benzene ring substituents is 1. The van der Waals surface area contributed by atoms with Crippen LogP contribution in [0.15, 0.2) is 42.5 Å². The number of alkyl halides is 3. The molecule has 0 aliphatic carbocycles. The van der Waals surface area contributed by atoms with Gasteiger partial charge in [-0.1, -0.05) is 29.8 Å². The van der Waals surface area contributed by atoms with Crippen molar-refractivity contribution in [2.75, 3.05) is 7.05 Å². The average molecular weight is 373 g/mol. The van der Waals surface area contributed by atoms with Gasteiger partial charge in [0.25, 0.3) is 11.6 Å². The number of benzene rings is 2. The smallest absolute Gasteiger partial charge is 0.337 e. The summed E-state index contributed by atoms with van der Waals surface area (Å²) in [6.45, 7) is -0.290. The molecule has 25 heavy (non-hydrogen) atoms. The molecule has 132 valence electrons. The summed E-state index contributed by atoms with van der Waals surface area (Å²) in [5.74, 6) is -0.642. The minimum Gasteiger partial charge on any atom is -0.337 e. The molecule has 5 nitrogen and oxygen atoms in total. The van der Waals surface area contributed by atoms with E-state index in [1.165, 1.54) is 31.3 Å². The number of carbonyl (C=O) groups excluding carboxylic acids is 1. The van der Waals surface area contributed by atoms with Gasteiger partial charge in [0.2, 0.25) is 0 Å². The van der Waals surface area contributed by atoms with Crippen molar-refractivity contribution in [1.82, 2.24) is 4.90 Å². The first-order chi connectivity index (χ1) is 11.6. The maximum Gasteiger partial charge on any atom is 0.416 e. The SMILES string of the molecule is CN(Cc1ccccc1C(F)(F)F)C(=O)c1ccc([N+](=O)[O-])cc1Cl. The second-order valence-electron chi connectivity index (χ2n) is 5.24. The second kappa shape index (κ2) is 7.10. The van der Waals surface area contributed by atoms with E-state index in [4.69, 9.17) is 11.6 Å². The number of rotatable bonds is 4. The average Bonchev–Trinajstić information content (AvgIpc) is 2.53. The van der Waals surface area contributed by atoms with Crippen molar-refractivity contribution in [2.24, 2.45) is 0 Å². The van der Waals surface area contributed by atoms with Crippen LogP contribution in [0.5, 0.6) is 0 Å². The Kier molecular flexibility index (Phi) is 5.32. The van der Waals surface area contributed by atoms with Gasteiger partial charge in [-0.2, -0.15) is 13.2 Å². The molecular weight excluding hydrogens is 361 g/mol. The van der Waals surface area contributed by atoms with Crippen LogP contribution in [0, 0.1) is 10.1 Å². The molecule has 0 heterocycles. The number of hydrogen-bond donors (Lipinski definition) is 0. The molecule has 0 bridgehead atoms. The minimum atomic E-state index is -4.54. The van der Waals surface area contributed by atoms with Crippen LogP contribution in [0.2, 0.25) is 5.02 Å². The third-order valence-corrected chi connectivity index (χ3v) is 3.78. The van der Waals surface area contributed by atoms with Gasteiger partial charge in [-0.3, -0.25) is 14.9 Å². The lowest BCUT2D eigenvalue weighted by molar-refractivity contribution is -0.384. The van der Waals surface area contributed by atoms with Crippen LogP contribution in [-0.2, 0) is 12.7 Å². The van der Waals surface area contributed by atoms with Crippen molar-refractivity contribution in [3.05, 3.63) is 74.3 Å². The Hall–Kier alpha value is -2.61. The first kappa shape index (κ1) is 18.7. The van der Waals surface area contributed by atoms with Crippen LogP contribution in [0.3, 0.4) is 0 Å². The molecule has 2 aromatic carbocycles. The topological polar surface area (TPSA) is 63.5 Å². The molecule has 2 aromatic rings. The summed E-state index contributed by atoms with van der Waals surface area (Å²) in [6, 6.07) is 8.23. The third-order valence-electron chi connectivity index (χ3n) is 3.47. The lowest BCUT2D eigenvalue weighted by atomic mass is 10.1.